The van der Waals surface area contributed by atoms with E-state index in [2.05, 4.69) is 11.0 Å². The first-order valence-electron chi connectivity index (χ1n) is 5.34. The molecule has 2 rings (SSSR count). The Morgan fingerprint density at radius 1 is 1.36 bits per heavy atom. The highest BCUT2D eigenvalue weighted by molar-refractivity contribution is 5.79. The van der Waals surface area contributed by atoms with Crippen molar-refractivity contribution in [3.8, 4) is 0 Å². The third-order valence-electron chi connectivity index (χ3n) is 2.82. The highest BCUT2D eigenvalue weighted by Gasteiger charge is 2.17. The summed E-state index contributed by atoms with van der Waals surface area (Å²) in [5.41, 5.74) is 1.38. The van der Waals surface area contributed by atoms with Crippen molar-refractivity contribution in [3.05, 3.63) is 11.6 Å². The van der Waals surface area contributed by atoms with Crippen molar-refractivity contribution in [2.24, 2.45) is 0 Å². The van der Waals surface area contributed by atoms with E-state index in [1.54, 1.807) is 0 Å². The van der Waals surface area contributed by atoms with Crippen LogP contribution in [0.15, 0.2) is 11.6 Å². The highest BCUT2D eigenvalue weighted by Crippen LogP contribution is 2.11. The van der Waals surface area contributed by atoms with Gasteiger partial charge in [0.1, 0.15) is 5.78 Å². The molecule has 0 aromatic carbocycles. The molecule has 0 amide bonds. The van der Waals surface area contributed by atoms with Crippen LogP contribution in [-0.2, 0) is 9.53 Å². The first-order valence-corrected chi connectivity index (χ1v) is 5.34. The van der Waals surface area contributed by atoms with E-state index in [0.29, 0.717) is 5.78 Å². The first kappa shape index (κ1) is 9.87. The van der Waals surface area contributed by atoms with Crippen LogP contribution < -0.4 is 0 Å². The SMILES string of the molecule is O=C1CCN(CC2=CCCOC2)CC1. The molecule has 0 aromatic heterocycles. The van der Waals surface area contributed by atoms with Crippen LogP contribution in [0.25, 0.3) is 0 Å². The van der Waals surface area contributed by atoms with Crippen LogP contribution >= 0.6 is 0 Å². The summed E-state index contributed by atoms with van der Waals surface area (Å²) in [7, 11) is 0. The van der Waals surface area contributed by atoms with E-state index in [1.807, 2.05) is 0 Å². The van der Waals surface area contributed by atoms with E-state index in [4.69, 9.17) is 4.74 Å². The summed E-state index contributed by atoms with van der Waals surface area (Å²) in [5.74, 6) is 0.412. The fourth-order valence-electron chi connectivity index (χ4n) is 1.97. The number of carbonyl (C=O) groups excluding carboxylic acids is 1. The van der Waals surface area contributed by atoms with E-state index < -0.39 is 0 Å². The number of ketones is 1. The average Bonchev–Trinajstić information content (AvgIpc) is 2.23. The Kier molecular flexibility index (Phi) is 3.32. The summed E-state index contributed by atoms with van der Waals surface area (Å²) in [6, 6.07) is 0. The Bertz CT molecular complexity index is 238. The third-order valence-corrected chi connectivity index (χ3v) is 2.82. The summed E-state index contributed by atoms with van der Waals surface area (Å²) >= 11 is 0. The fourth-order valence-corrected chi connectivity index (χ4v) is 1.97. The van der Waals surface area contributed by atoms with Gasteiger partial charge in [0.05, 0.1) is 13.2 Å². The van der Waals surface area contributed by atoms with E-state index in [1.165, 1.54) is 5.57 Å². The molecule has 0 aromatic rings. The molecule has 0 spiro atoms. The van der Waals surface area contributed by atoms with Crippen molar-refractivity contribution in [1.82, 2.24) is 4.90 Å². The van der Waals surface area contributed by atoms with Gasteiger partial charge in [0.15, 0.2) is 0 Å². The molecule has 0 bridgehead atoms. The number of ether oxygens (including phenoxy) is 1. The molecule has 2 heterocycles. The van der Waals surface area contributed by atoms with Crippen LogP contribution in [0.1, 0.15) is 19.3 Å². The summed E-state index contributed by atoms with van der Waals surface area (Å²) in [6.45, 7) is 4.49. The molecular weight excluding hydrogens is 178 g/mol. The van der Waals surface area contributed by atoms with E-state index >= 15 is 0 Å². The molecule has 2 aliphatic rings. The van der Waals surface area contributed by atoms with Crippen molar-refractivity contribution < 1.29 is 9.53 Å². The molecule has 0 N–H and O–H groups in total. The standard InChI is InChI=1S/C11H17NO2/c13-11-3-5-12(6-4-11)8-10-2-1-7-14-9-10/h2H,1,3-9H2. The molecule has 2 aliphatic heterocycles. The lowest BCUT2D eigenvalue weighted by Gasteiger charge is -2.27. The Labute approximate surface area is 84.7 Å². The second-order valence-electron chi connectivity index (χ2n) is 4.02. The van der Waals surface area contributed by atoms with Crippen LogP contribution in [0.5, 0.6) is 0 Å². The minimum atomic E-state index is 0.412. The summed E-state index contributed by atoms with van der Waals surface area (Å²) in [4.78, 5) is 13.4. The van der Waals surface area contributed by atoms with Crippen LogP contribution in [-0.4, -0.2) is 43.5 Å². The van der Waals surface area contributed by atoms with Gasteiger partial charge < -0.3 is 4.74 Å². The maximum atomic E-state index is 11.0. The van der Waals surface area contributed by atoms with Gasteiger partial charge in [-0.25, -0.2) is 0 Å². The Morgan fingerprint density at radius 2 is 2.14 bits per heavy atom. The zero-order valence-electron chi connectivity index (χ0n) is 8.50. The zero-order valence-corrected chi connectivity index (χ0v) is 8.50. The van der Waals surface area contributed by atoms with Crippen molar-refractivity contribution in [1.29, 1.82) is 0 Å². The minimum absolute atomic E-state index is 0.412. The fraction of sp³-hybridized carbons (Fsp3) is 0.727. The lowest BCUT2D eigenvalue weighted by atomic mass is 10.1. The van der Waals surface area contributed by atoms with Gasteiger partial charge in [0, 0.05) is 32.5 Å². The van der Waals surface area contributed by atoms with Gasteiger partial charge in [0.25, 0.3) is 0 Å². The predicted molar refractivity (Wildman–Crippen MR) is 54.2 cm³/mol. The second kappa shape index (κ2) is 4.71. The van der Waals surface area contributed by atoms with Crippen LogP contribution in [0.4, 0.5) is 0 Å². The molecule has 3 heteroatoms. The van der Waals surface area contributed by atoms with Gasteiger partial charge in [-0.1, -0.05) is 6.08 Å². The monoisotopic (exact) mass is 195 g/mol. The first-order chi connectivity index (χ1) is 6.84. The molecule has 0 atom stereocenters. The molecule has 0 unspecified atom stereocenters. The Hall–Kier alpha value is -0.670. The second-order valence-corrected chi connectivity index (χ2v) is 4.02. The topological polar surface area (TPSA) is 29.5 Å². The number of likely N-dealkylation sites (tertiary alicyclic amines) is 1. The Balaban J connectivity index is 1.79. The van der Waals surface area contributed by atoms with E-state index in [-0.39, 0.29) is 0 Å². The number of hydrogen-bond acceptors (Lipinski definition) is 3. The lowest BCUT2D eigenvalue weighted by molar-refractivity contribution is -0.121. The summed E-state index contributed by atoms with van der Waals surface area (Å²) in [5, 5.41) is 0. The quantitative estimate of drug-likeness (QED) is 0.616. The third kappa shape index (κ3) is 2.66. The van der Waals surface area contributed by atoms with Gasteiger partial charge in [0.2, 0.25) is 0 Å². The molecule has 14 heavy (non-hydrogen) atoms. The lowest BCUT2D eigenvalue weighted by Crippen LogP contribution is -2.36. The minimum Gasteiger partial charge on any atom is -0.377 e. The number of piperidine rings is 1. The molecule has 78 valence electrons. The number of carbonyl (C=O) groups is 1. The van der Waals surface area contributed by atoms with Gasteiger partial charge in [-0.15, -0.1) is 0 Å². The van der Waals surface area contributed by atoms with Crippen LogP contribution in [0, 0.1) is 0 Å². The van der Waals surface area contributed by atoms with Gasteiger partial charge >= 0.3 is 0 Å². The molecule has 0 radical (unpaired) electrons. The highest BCUT2D eigenvalue weighted by atomic mass is 16.5. The average molecular weight is 195 g/mol. The molecule has 3 nitrogen and oxygen atoms in total. The van der Waals surface area contributed by atoms with E-state index in [0.717, 1.165) is 52.1 Å². The van der Waals surface area contributed by atoms with Gasteiger partial charge in [-0.05, 0) is 12.0 Å². The maximum Gasteiger partial charge on any atom is 0.135 e. The molecule has 0 aliphatic carbocycles. The van der Waals surface area contributed by atoms with Gasteiger partial charge in [-0.2, -0.15) is 0 Å². The predicted octanol–water partition coefficient (Wildman–Crippen LogP) is 0.998. The number of Topliss-reactive ketones (excluding diaryl/α,β-unsaturated/α-hetero) is 1. The summed E-state index contributed by atoms with van der Waals surface area (Å²) in [6.07, 6.45) is 4.78. The number of nitrogens with zero attached hydrogens (tertiary/aromatic N) is 1. The molecule has 1 saturated heterocycles. The molecule has 1 fully saturated rings. The molecule has 0 saturated carbocycles. The Morgan fingerprint density at radius 3 is 2.79 bits per heavy atom. The van der Waals surface area contributed by atoms with Crippen molar-refractivity contribution in [2.45, 2.75) is 19.3 Å². The summed E-state index contributed by atoms with van der Waals surface area (Å²) < 4.78 is 5.38. The number of rotatable bonds is 2. The number of hydrogen-bond donors (Lipinski definition) is 0. The van der Waals surface area contributed by atoms with Crippen molar-refractivity contribution >= 4 is 5.78 Å². The van der Waals surface area contributed by atoms with Crippen LogP contribution in [0.3, 0.4) is 0 Å². The smallest absolute Gasteiger partial charge is 0.135 e. The van der Waals surface area contributed by atoms with Crippen molar-refractivity contribution in [2.75, 3.05) is 32.8 Å². The van der Waals surface area contributed by atoms with E-state index in [9.17, 15) is 4.79 Å². The normalized spacial score (nSPS) is 24.9. The maximum absolute atomic E-state index is 11.0. The zero-order chi connectivity index (χ0) is 9.80. The van der Waals surface area contributed by atoms with Gasteiger partial charge in [-0.3, -0.25) is 9.69 Å². The molecular formula is C11H17NO2. The largest absolute Gasteiger partial charge is 0.377 e. The van der Waals surface area contributed by atoms with Crippen molar-refractivity contribution in [3.63, 3.8) is 0 Å². The van der Waals surface area contributed by atoms with Crippen LogP contribution in [0.2, 0.25) is 0 Å².